The summed E-state index contributed by atoms with van der Waals surface area (Å²) in [6.07, 6.45) is 0. The van der Waals surface area contributed by atoms with Crippen molar-refractivity contribution in [2.45, 2.75) is 6.92 Å². The minimum Gasteiger partial charge on any atom is -0.455 e. The normalized spacial score (nSPS) is 11.5. The number of benzene rings is 3. The molecule has 0 radical (unpaired) electrons. The number of aryl methyl sites for hydroxylation is 3. The van der Waals surface area contributed by atoms with Gasteiger partial charge in [-0.2, -0.15) is 5.26 Å². The van der Waals surface area contributed by atoms with Gasteiger partial charge in [-0.15, -0.1) is 0 Å². The highest BCUT2D eigenvalue weighted by molar-refractivity contribution is 6.10. The molecule has 0 spiro atoms. The molecule has 0 atom stereocenters. The molecule has 0 saturated heterocycles. The molecule has 5 rings (SSSR count). The predicted molar refractivity (Wildman–Crippen MR) is 106 cm³/mol. The van der Waals surface area contributed by atoms with E-state index >= 15 is 0 Å². The van der Waals surface area contributed by atoms with Gasteiger partial charge in [0.25, 0.3) is 5.82 Å². The topological polar surface area (TPSA) is 45.7 Å². The van der Waals surface area contributed by atoms with E-state index in [1.807, 2.05) is 12.1 Å². The van der Waals surface area contributed by atoms with Crippen LogP contribution in [0.1, 0.15) is 11.1 Å². The summed E-state index contributed by atoms with van der Waals surface area (Å²) in [5, 5.41) is 11.3. The van der Waals surface area contributed by atoms with E-state index in [2.05, 4.69) is 72.6 Å². The number of nitrogens with zero attached hydrogens (tertiary/aromatic N) is 3. The highest BCUT2D eigenvalue weighted by Gasteiger charge is 2.27. The second kappa shape index (κ2) is 5.46. The maximum Gasteiger partial charge on any atom is 0.293 e. The van der Waals surface area contributed by atoms with E-state index in [9.17, 15) is 5.26 Å². The number of imidazole rings is 1. The first-order chi connectivity index (χ1) is 13.1. The second-order valence-corrected chi connectivity index (χ2v) is 6.99. The van der Waals surface area contributed by atoms with Crippen LogP contribution in [0.15, 0.2) is 59.0 Å². The van der Waals surface area contributed by atoms with E-state index in [1.165, 1.54) is 11.0 Å². The Morgan fingerprint density at radius 3 is 2.63 bits per heavy atom. The van der Waals surface area contributed by atoms with Crippen LogP contribution in [0.25, 0.3) is 44.4 Å². The van der Waals surface area contributed by atoms with E-state index in [0.717, 1.165) is 38.9 Å². The van der Waals surface area contributed by atoms with Gasteiger partial charge in [-0.05, 0) is 42.8 Å². The lowest BCUT2D eigenvalue weighted by molar-refractivity contribution is -0.634. The van der Waals surface area contributed by atoms with E-state index < -0.39 is 0 Å². The molecule has 0 N–H and O–H groups in total. The first-order valence-electron chi connectivity index (χ1n) is 8.90. The molecule has 0 fully saturated rings. The number of aromatic nitrogens is 2. The molecule has 3 aromatic carbocycles. The Bertz CT molecular complexity index is 1370. The molecule has 0 aliphatic carbocycles. The van der Waals surface area contributed by atoms with E-state index in [-0.39, 0.29) is 0 Å². The average molecular weight is 352 g/mol. The molecule has 4 heteroatoms. The molecular weight excluding hydrogens is 334 g/mol. The third-order valence-electron chi connectivity index (χ3n) is 5.44. The first-order valence-corrected chi connectivity index (χ1v) is 8.90. The molecule has 0 unspecified atom stereocenters. The van der Waals surface area contributed by atoms with Crippen molar-refractivity contribution in [3.05, 3.63) is 65.7 Å². The average Bonchev–Trinajstić information content (AvgIpc) is 3.18. The Labute approximate surface area is 156 Å². The van der Waals surface area contributed by atoms with Crippen LogP contribution in [-0.2, 0) is 14.1 Å². The third-order valence-corrected chi connectivity index (χ3v) is 5.44. The maximum absolute atomic E-state index is 9.25. The summed E-state index contributed by atoms with van der Waals surface area (Å²) in [5.41, 5.74) is 6.90. The zero-order valence-corrected chi connectivity index (χ0v) is 15.4. The number of para-hydroxylation sites is 2. The van der Waals surface area contributed by atoms with Crippen LogP contribution in [0.3, 0.4) is 0 Å². The number of fused-ring (bicyclic) bond motifs is 4. The monoisotopic (exact) mass is 352 g/mol. The standard InChI is InChI=1S/C23H18N3O/c1-14-8-10-16-17-12-15(13-24)9-11-20(17)27-22(16)21(14)23-25(2)18-6-4-5-7-19(18)26(23)3/h4-12H,1-3H3/q+1. The molecule has 0 amide bonds. The fourth-order valence-corrected chi connectivity index (χ4v) is 4.11. The summed E-state index contributed by atoms with van der Waals surface area (Å²) in [6, 6.07) is 20.4. The molecule has 27 heavy (non-hydrogen) atoms. The van der Waals surface area contributed by atoms with E-state index in [1.54, 1.807) is 6.07 Å². The van der Waals surface area contributed by atoms with Crippen molar-refractivity contribution in [2.24, 2.45) is 14.1 Å². The van der Waals surface area contributed by atoms with Gasteiger partial charge in [-0.3, -0.25) is 0 Å². The minimum atomic E-state index is 0.641. The largest absolute Gasteiger partial charge is 0.455 e. The zero-order valence-electron chi connectivity index (χ0n) is 15.4. The lowest BCUT2D eigenvalue weighted by Gasteiger charge is -2.04. The lowest BCUT2D eigenvalue weighted by Crippen LogP contribution is -2.30. The van der Waals surface area contributed by atoms with Gasteiger partial charge in [0.15, 0.2) is 16.6 Å². The van der Waals surface area contributed by atoms with Crippen LogP contribution in [0, 0.1) is 18.3 Å². The highest BCUT2D eigenvalue weighted by atomic mass is 16.3. The minimum absolute atomic E-state index is 0.641. The summed E-state index contributed by atoms with van der Waals surface area (Å²) < 4.78 is 10.7. The highest BCUT2D eigenvalue weighted by Crippen LogP contribution is 2.37. The Balaban J connectivity index is 1.95. The van der Waals surface area contributed by atoms with Crippen LogP contribution in [0.5, 0.6) is 0 Å². The van der Waals surface area contributed by atoms with Crippen molar-refractivity contribution >= 4 is 33.0 Å². The van der Waals surface area contributed by atoms with E-state index in [4.69, 9.17) is 4.42 Å². The molecule has 0 aliphatic rings. The van der Waals surface area contributed by atoms with Gasteiger partial charge in [0, 0.05) is 10.8 Å². The van der Waals surface area contributed by atoms with Gasteiger partial charge in [0.05, 0.1) is 25.7 Å². The summed E-state index contributed by atoms with van der Waals surface area (Å²) >= 11 is 0. The Morgan fingerprint density at radius 1 is 1.04 bits per heavy atom. The fourth-order valence-electron chi connectivity index (χ4n) is 4.11. The summed E-state index contributed by atoms with van der Waals surface area (Å²) in [5.74, 6) is 1.10. The fraction of sp³-hybridized carbons (Fsp3) is 0.130. The van der Waals surface area contributed by atoms with Crippen LogP contribution in [0.4, 0.5) is 0 Å². The van der Waals surface area contributed by atoms with Gasteiger partial charge in [0.1, 0.15) is 11.1 Å². The van der Waals surface area contributed by atoms with Gasteiger partial charge in [-0.1, -0.05) is 24.3 Å². The molecular formula is C23H18N3O+. The van der Waals surface area contributed by atoms with E-state index in [0.29, 0.717) is 5.56 Å². The molecule has 0 aliphatic heterocycles. The van der Waals surface area contributed by atoms with Gasteiger partial charge in [0.2, 0.25) is 0 Å². The lowest BCUT2D eigenvalue weighted by atomic mass is 10.0. The van der Waals surface area contributed by atoms with Crippen molar-refractivity contribution in [3.63, 3.8) is 0 Å². The third kappa shape index (κ3) is 2.06. The molecule has 2 aromatic heterocycles. The Morgan fingerprint density at radius 2 is 1.85 bits per heavy atom. The number of hydrogen-bond acceptors (Lipinski definition) is 2. The summed E-state index contributed by atoms with van der Waals surface area (Å²) in [4.78, 5) is 0. The molecule has 0 saturated carbocycles. The number of nitriles is 1. The smallest absolute Gasteiger partial charge is 0.293 e. The second-order valence-electron chi connectivity index (χ2n) is 6.99. The van der Waals surface area contributed by atoms with Crippen LogP contribution in [-0.4, -0.2) is 4.57 Å². The Hall–Kier alpha value is -3.58. The number of hydrogen-bond donors (Lipinski definition) is 0. The van der Waals surface area contributed by atoms with Crippen molar-refractivity contribution in [1.29, 1.82) is 5.26 Å². The van der Waals surface area contributed by atoms with Crippen LogP contribution >= 0.6 is 0 Å². The molecule has 5 aromatic rings. The molecule has 4 nitrogen and oxygen atoms in total. The molecule has 0 bridgehead atoms. The first kappa shape index (κ1) is 15.7. The van der Waals surface area contributed by atoms with Crippen molar-refractivity contribution < 1.29 is 8.98 Å². The SMILES string of the molecule is Cc1ccc2c(oc3ccc(C#N)cc32)c1-c1n(C)c2ccccc2[n+]1C. The van der Waals surface area contributed by atoms with Crippen LogP contribution in [0.2, 0.25) is 0 Å². The number of rotatable bonds is 1. The van der Waals surface area contributed by atoms with Crippen molar-refractivity contribution in [2.75, 3.05) is 0 Å². The van der Waals surface area contributed by atoms with Crippen molar-refractivity contribution in [1.82, 2.24) is 4.57 Å². The van der Waals surface area contributed by atoms with Gasteiger partial charge >= 0.3 is 0 Å². The summed E-state index contributed by atoms with van der Waals surface area (Å²) in [7, 11) is 4.18. The maximum atomic E-state index is 9.25. The zero-order chi connectivity index (χ0) is 18.7. The van der Waals surface area contributed by atoms with Crippen molar-refractivity contribution in [3.8, 4) is 17.5 Å². The predicted octanol–water partition coefficient (Wildman–Crippen LogP) is 4.75. The van der Waals surface area contributed by atoms with Gasteiger partial charge < -0.3 is 4.42 Å². The van der Waals surface area contributed by atoms with Crippen LogP contribution < -0.4 is 4.57 Å². The molecule has 2 heterocycles. The summed E-state index contributed by atoms with van der Waals surface area (Å²) in [6.45, 7) is 2.11. The quantitative estimate of drug-likeness (QED) is 0.409. The van der Waals surface area contributed by atoms with Gasteiger partial charge in [-0.25, -0.2) is 9.13 Å². The molecule has 130 valence electrons. The number of furan rings is 1. The Kier molecular flexibility index (Phi) is 3.16.